The number of rotatable bonds is 12. The number of hydrogen-bond donors (Lipinski definition) is 0. The standard InChI is InChI=1S/C14H20S.C12H15N.C11H16.C4H10/c1-4-6-7-14(15)13-10-12(5-2)9-8-11(13)3;1-2-3-7-11-8-5-4-6-9-12(11)10-13;1-3-4-8-11-9-6-5-7-10(11)2;1-3-4-2/h8-10H,4-7H2,1-3H3;4,6,8-9H,2-3,5,7H2,1H3;5-7,9H,3-4,8H2,1-2H3;3-4H2,1-2H3. The first-order valence-corrected chi connectivity index (χ1v) is 17.4. The van der Waals surface area contributed by atoms with E-state index in [4.69, 9.17) is 17.5 Å². The minimum atomic E-state index is 0.835. The van der Waals surface area contributed by atoms with Crippen molar-refractivity contribution in [3.05, 3.63) is 106 Å². The Hall–Kier alpha value is -2.76. The molecule has 1 aliphatic rings. The fraction of sp³-hybridized carbons (Fsp3) is 0.512. The molecule has 0 radical (unpaired) electrons. The largest absolute Gasteiger partial charge is 0.192 e. The number of allylic oxidation sites excluding steroid dienone is 6. The van der Waals surface area contributed by atoms with Crippen molar-refractivity contribution in [1.29, 1.82) is 5.26 Å². The molecule has 0 amide bonds. The Kier molecular flexibility index (Phi) is 25.1. The van der Waals surface area contributed by atoms with Crippen LogP contribution in [0.4, 0.5) is 0 Å². The molecule has 0 fully saturated rings. The summed E-state index contributed by atoms with van der Waals surface area (Å²) in [6.07, 6.45) is 23.5. The first-order valence-electron chi connectivity index (χ1n) is 17.0. The van der Waals surface area contributed by atoms with Crippen molar-refractivity contribution in [2.45, 2.75) is 139 Å². The summed E-state index contributed by atoms with van der Waals surface area (Å²) in [6.45, 7) is 17.5. The van der Waals surface area contributed by atoms with E-state index in [2.05, 4.69) is 116 Å². The summed E-state index contributed by atoms with van der Waals surface area (Å²) in [7, 11) is 0. The minimum absolute atomic E-state index is 0.835. The van der Waals surface area contributed by atoms with E-state index in [9.17, 15) is 0 Å². The predicted molar refractivity (Wildman–Crippen MR) is 197 cm³/mol. The molecule has 0 aliphatic heterocycles. The molecule has 0 aromatic heterocycles. The molecular formula is C41H61NS. The van der Waals surface area contributed by atoms with Crippen LogP contribution in [0.5, 0.6) is 0 Å². The quantitative estimate of drug-likeness (QED) is 0.179. The summed E-state index contributed by atoms with van der Waals surface area (Å²) in [5.41, 5.74) is 8.98. The molecule has 2 aromatic rings. The van der Waals surface area contributed by atoms with Crippen LogP contribution in [-0.4, -0.2) is 4.86 Å². The van der Waals surface area contributed by atoms with Gasteiger partial charge in [-0.3, -0.25) is 0 Å². The SMILES string of the molecule is CCCC.CCCCC(=S)c1cc(CC)ccc1C.CCCCC1=CCC=CC=C1C#N.CCCCc1ccccc1C. The molecule has 0 bridgehead atoms. The second-order valence-corrected chi connectivity index (χ2v) is 11.7. The Morgan fingerprint density at radius 3 is 2.02 bits per heavy atom. The van der Waals surface area contributed by atoms with Crippen LogP contribution in [0.15, 0.2) is 77.9 Å². The molecule has 0 saturated carbocycles. The van der Waals surface area contributed by atoms with Crippen molar-refractivity contribution in [2.24, 2.45) is 0 Å². The minimum Gasteiger partial charge on any atom is -0.192 e. The number of hydrogen-bond acceptors (Lipinski definition) is 2. The molecule has 3 rings (SSSR count). The van der Waals surface area contributed by atoms with Gasteiger partial charge in [0.15, 0.2) is 0 Å². The van der Waals surface area contributed by atoms with Gasteiger partial charge in [-0.05, 0) is 105 Å². The van der Waals surface area contributed by atoms with E-state index in [0.29, 0.717) is 0 Å². The monoisotopic (exact) mass is 599 g/mol. The molecule has 0 unspecified atom stereocenters. The van der Waals surface area contributed by atoms with Crippen LogP contribution in [-0.2, 0) is 12.8 Å². The number of benzene rings is 2. The molecule has 1 nitrogen and oxygen atoms in total. The Morgan fingerprint density at radius 1 is 0.791 bits per heavy atom. The topological polar surface area (TPSA) is 23.8 Å². The number of nitriles is 1. The van der Waals surface area contributed by atoms with Gasteiger partial charge in [-0.1, -0.05) is 147 Å². The average Bonchev–Trinajstić information content (AvgIpc) is 3.28. The lowest BCUT2D eigenvalue weighted by molar-refractivity contribution is 0.791. The fourth-order valence-electron chi connectivity index (χ4n) is 4.30. The third-order valence-corrected chi connectivity index (χ3v) is 7.92. The fourth-order valence-corrected chi connectivity index (χ4v) is 4.67. The zero-order valence-electron chi connectivity index (χ0n) is 28.9. The smallest absolute Gasteiger partial charge is 0.0994 e. The van der Waals surface area contributed by atoms with E-state index >= 15 is 0 Å². The normalized spacial score (nSPS) is 11.6. The summed E-state index contributed by atoms with van der Waals surface area (Å²) in [6, 6.07) is 17.5. The molecule has 0 N–H and O–H groups in total. The van der Waals surface area contributed by atoms with Gasteiger partial charge in [-0.15, -0.1) is 0 Å². The average molecular weight is 600 g/mol. The van der Waals surface area contributed by atoms with Crippen LogP contribution < -0.4 is 0 Å². The molecule has 2 heteroatoms. The van der Waals surface area contributed by atoms with E-state index in [1.165, 1.54) is 91.2 Å². The van der Waals surface area contributed by atoms with Gasteiger partial charge in [-0.2, -0.15) is 5.26 Å². The van der Waals surface area contributed by atoms with Crippen molar-refractivity contribution in [3.63, 3.8) is 0 Å². The molecule has 0 heterocycles. The van der Waals surface area contributed by atoms with E-state index < -0.39 is 0 Å². The van der Waals surface area contributed by atoms with Crippen molar-refractivity contribution < 1.29 is 0 Å². The lowest BCUT2D eigenvalue weighted by Gasteiger charge is -2.09. The summed E-state index contributed by atoms with van der Waals surface area (Å²) in [5, 5.41) is 8.89. The number of unbranched alkanes of at least 4 members (excludes halogenated alkanes) is 4. The van der Waals surface area contributed by atoms with Crippen LogP contribution in [0.25, 0.3) is 0 Å². The third kappa shape index (κ3) is 18.5. The highest BCUT2D eigenvalue weighted by Gasteiger charge is 2.06. The Morgan fingerprint density at radius 2 is 1.44 bits per heavy atom. The third-order valence-electron chi connectivity index (χ3n) is 7.49. The van der Waals surface area contributed by atoms with E-state index in [0.717, 1.165) is 36.1 Å². The predicted octanol–water partition coefficient (Wildman–Crippen LogP) is 13.1. The maximum absolute atomic E-state index is 8.89. The van der Waals surface area contributed by atoms with Gasteiger partial charge in [-0.25, -0.2) is 0 Å². The van der Waals surface area contributed by atoms with Gasteiger partial charge in [0.2, 0.25) is 0 Å². The van der Waals surface area contributed by atoms with E-state index in [-0.39, 0.29) is 0 Å². The molecule has 236 valence electrons. The van der Waals surface area contributed by atoms with Crippen molar-refractivity contribution >= 4 is 17.1 Å². The molecule has 0 atom stereocenters. The van der Waals surface area contributed by atoms with Crippen LogP contribution in [0, 0.1) is 25.2 Å². The Balaban J connectivity index is 0.000000584. The molecule has 0 spiro atoms. The highest BCUT2D eigenvalue weighted by molar-refractivity contribution is 7.80. The zero-order valence-corrected chi connectivity index (χ0v) is 29.7. The number of nitrogens with zero attached hydrogens (tertiary/aromatic N) is 1. The zero-order chi connectivity index (χ0) is 32.3. The Labute approximate surface area is 272 Å². The first-order chi connectivity index (χ1) is 20.8. The molecule has 1 aliphatic carbocycles. The van der Waals surface area contributed by atoms with E-state index in [1.54, 1.807) is 0 Å². The van der Waals surface area contributed by atoms with Gasteiger partial charge >= 0.3 is 0 Å². The van der Waals surface area contributed by atoms with Gasteiger partial charge < -0.3 is 0 Å². The van der Waals surface area contributed by atoms with Gasteiger partial charge in [0.05, 0.1) is 11.6 Å². The van der Waals surface area contributed by atoms with E-state index in [1.807, 2.05) is 12.2 Å². The number of aryl methyl sites for hydroxylation is 4. The first kappa shape index (κ1) is 40.2. The van der Waals surface area contributed by atoms with Gasteiger partial charge in [0.1, 0.15) is 0 Å². The summed E-state index contributed by atoms with van der Waals surface area (Å²) < 4.78 is 0. The lowest BCUT2D eigenvalue weighted by atomic mass is 9.98. The Bertz CT molecular complexity index is 1160. The highest BCUT2D eigenvalue weighted by atomic mass is 32.1. The summed E-state index contributed by atoms with van der Waals surface area (Å²) in [4.78, 5) is 1.13. The van der Waals surface area contributed by atoms with Crippen LogP contribution in [0.3, 0.4) is 0 Å². The van der Waals surface area contributed by atoms with Crippen molar-refractivity contribution in [1.82, 2.24) is 0 Å². The van der Waals surface area contributed by atoms with Gasteiger partial charge in [0.25, 0.3) is 0 Å². The molecule has 0 saturated heterocycles. The maximum atomic E-state index is 8.89. The second kappa shape index (κ2) is 26.8. The lowest BCUT2D eigenvalue weighted by Crippen LogP contribution is -2.01. The van der Waals surface area contributed by atoms with Crippen LogP contribution >= 0.6 is 12.2 Å². The van der Waals surface area contributed by atoms with Crippen molar-refractivity contribution in [3.8, 4) is 6.07 Å². The number of thiocarbonyl (C=S) groups is 1. The molecule has 2 aromatic carbocycles. The summed E-state index contributed by atoms with van der Waals surface area (Å²) in [5.74, 6) is 0. The molecular weight excluding hydrogens is 539 g/mol. The maximum Gasteiger partial charge on any atom is 0.0994 e. The molecule has 43 heavy (non-hydrogen) atoms. The van der Waals surface area contributed by atoms with Crippen LogP contribution in [0.2, 0.25) is 0 Å². The summed E-state index contributed by atoms with van der Waals surface area (Å²) >= 11 is 5.48. The van der Waals surface area contributed by atoms with Crippen LogP contribution in [0.1, 0.15) is 140 Å². The second-order valence-electron chi connectivity index (χ2n) is 11.2. The van der Waals surface area contributed by atoms with Gasteiger partial charge in [0, 0.05) is 4.86 Å². The van der Waals surface area contributed by atoms with Crippen molar-refractivity contribution in [2.75, 3.05) is 0 Å². The highest BCUT2D eigenvalue weighted by Crippen LogP contribution is 2.20.